The average molecular weight is 647 g/mol. The van der Waals surface area contributed by atoms with Crippen molar-refractivity contribution >= 4 is 30.5 Å². The fourth-order valence-corrected chi connectivity index (χ4v) is 5.70. The van der Waals surface area contributed by atoms with Crippen molar-refractivity contribution in [1.29, 1.82) is 0 Å². The Morgan fingerprint density at radius 3 is 2.15 bits per heavy atom. The van der Waals surface area contributed by atoms with Gasteiger partial charge in [0, 0.05) is 26.3 Å². The summed E-state index contributed by atoms with van der Waals surface area (Å²) >= 11 is 0. The standard InChI is InChI=1S/C18H17.C16H17NSi.2ClH.Zr/c1-13(2)14-7-9-15(10-8-14)18-11-16-5-3-4-6-17(16)12-18;1-18(2)12-13-10-14-8-9-17(16(14)11-13)15-6-4-3-5-7-15;;;/h3-13H,1-2H3;3-8,10-12H,9H2,1-2H3;2*1H;/q-1;;;;+3/p-2. The first kappa shape index (κ1) is 33.0. The SMILES string of the molecule is CC(C)c1ccc(-c2cc3ccccc3[cH-]2)cc1.C[Si](C)=CC1=CC2=CCN(c3ccccc3)C2=C1.[Cl-].[Cl-].[Zr+3]. The molecule has 39 heavy (non-hydrogen) atoms. The predicted molar refractivity (Wildman–Crippen MR) is 161 cm³/mol. The summed E-state index contributed by atoms with van der Waals surface area (Å²) in [5.74, 6) is 0.595. The van der Waals surface area contributed by atoms with Crippen molar-refractivity contribution in [3.05, 3.63) is 132 Å². The van der Waals surface area contributed by atoms with Crippen LogP contribution in [0.1, 0.15) is 25.3 Å². The number of hydrogen-bond acceptors (Lipinski definition) is 1. The largest absolute Gasteiger partial charge is 3.00 e. The maximum Gasteiger partial charge on any atom is 3.00 e. The first-order chi connectivity index (χ1) is 17.5. The van der Waals surface area contributed by atoms with E-state index < -0.39 is 0 Å². The second kappa shape index (κ2) is 15.0. The Balaban J connectivity index is 0.000000254. The smallest absolute Gasteiger partial charge is 1.00 e. The summed E-state index contributed by atoms with van der Waals surface area (Å²) in [5.41, 5.74) is 11.8. The molecule has 0 saturated carbocycles. The zero-order chi connectivity index (χ0) is 25.1. The van der Waals surface area contributed by atoms with Gasteiger partial charge in [0.2, 0.25) is 0 Å². The van der Waals surface area contributed by atoms with Crippen LogP contribution in [-0.4, -0.2) is 20.6 Å². The van der Waals surface area contributed by atoms with Gasteiger partial charge in [-0.2, -0.15) is 0 Å². The van der Waals surface area contributed by atoms with Crippen molar-refractivity contribution < 1.29 is 51.0 Å². The summed E-state index contributed by atoms with van der Waals surface area (Å²) < 4.78 is 0. The molecule has 4 aromatic rings. The van der Waals surface area contributed by atoms with E-state index in [-0.39, 0.29) is 59.4 Å². The molecule has 0 atom stereocenters. The molecule has 1 radical (unpaired) electrons. The first-order valence-electron chi connectivity index (χ1n) is 12.8. The van der Waals surface area contributed by atoms with E-state index >= 15 is 0 Å². The summed E-state index contributed by atoms with van der Waals surface area (Å²) in [6, 6.07) is 32.6. The van der Waals surface area contributed by atoms with Gasteiger partial charge in [-0.3, -0.25) is 0 Å². The summed E-state index contributed by atoms with van der Waals surface area (Å²) in [5, 5.41) is 2.64. The number of halogens is 2. The fraction of sp³-hybridized carbons (Fsp3) is 0.176. The van der Waals surface area contributed by atoms with Crippen LogP contribution in [0.4, 0.5) is 5.69 Å². The van der Waals surface area contributed by atoms with Gasteiger partial charge in [0.05, 0.1) is 0 Å². The van der Waals surface area contributed by atoms with Gasteiger partial charge >= 0.3 is 26.2 Å². The maximum absolute atomic E-state index is 2.42. The molecule has 0 amide bonds. The predicted octanol–water partition coefficient (Wildman–Crippen LogP) is 2.75. The normalized spacial score (nSPS) is 13.1. The van der Waals surface area contributed by atoms with Crippen LogP contribution in [0.25, 0.3) is 21.9 Å². The Morgan fingerprint density at radius 2 is 1.51 bits per heavy atom. The van der Waals surface area contributed by atoms with E-state index in [0.29, 0.717) is 5.92 Å². The second-order valence-corrected chi connectivity index (χ2v) is 12.6. The zero-order valence-corrected chi connectivity index (χ0v) is 27.9. The molecule has 2 aliphatic rings. The van der Waals surface area contributed by atoms with Crippen molar-refractivity contribution in [3.8, 4) is 11.1 Å². The second-order valence-electron chi connectivity index (χ2n) is 10.2. The summed E-state index contributed by atoms with van der Waals surface area (Å²) in [7, 11) is -0.313. The maximum atomic E-state index is 2.42. The fourth-order valence-electron chi connectivity index (χ4n) is 4.87. The Labute approximate surface area is 266 Å². The van der Waals surface area contributed by atoms with Gasteiger partial charge in [-0.05, 0) is 46.9 Å². The molecule has 0 N–H and O–H groups in total. The third-order valence-corrected chi connectivity index (χ3v) is 7.67. The zero-order valence-electron chi connectivity index (χ0n) is 23.0. The van der Waals surface area contributed by atoms with Crippen LogP contribution in [-0.2, 0) is 26.2 Å². The molecule has 0 saturated heterocycles. The number of para-hydroxylation sites is 1. The molecule has 5 heteroatoms. The summed E-state index contributed by atoms with van der Waals surface area (Å²) in [6.07, 6.45) is 6.96. The van der Waals surface area contributed by atoms with Gasteiger partial charge in [-0.15, -0.1) is 34.5 Å². The molecule has 1 nitrogen and oxygen atoms in total. The van der Waals surface area contributed by atoms with Gasteiger partial charge in [-0.25, -0.2) is 0 Å². The number of anilines is 1. The van der Waals surface area contributed by atoms with E-state index in [2.05, 4.69) is 147 Å². The molecule has 0 unspecified atom stereocenters. The molecule has 197 valence electrons. The van der Waals surface area contributed by atoms with Crippen LogP contribution in [0.5, 0.6) is 0 Å². The van der Waals surface area contributed by atoms with E-state index in [9.17, 15) is 0 Å². The van der Waals surface area contributed by atoms with Crippen LogP contribution in [0, 0.1) is 0 Å². The number of nitrogens with zero attached hydrogens (tertiary/aromatic N) is 1. The summed E-state index contributed by atoms with van der Waals surface area (Å²) in [4.78, 5) is 2.38. The Morgan fingerprint density at radius 1 is 0.846 bits per heavy atom. The number of allylic oxidation sites excluding steroid dienone is 3. The number of benzene rings is 3. The van der Waals surface area contributed by atoms with E-state index in [1.54, 1.807) is 0 Å². The summed E-state index contributed by atoms with van der Waals surface area (Å²) in [6.45, 7) is 10.1. The minimum Gasteiger partial charge on any atom is -1.00 e. The van der Waals surface area contributed by atoms with Crippen LogP contribution < -0.4 is 29.7 Å². The molecule has 4 aromatic carbocycles. The number of hydrogen-bond donors (Lipinski definition) is 0. The van der Waals surface area contributed by atoms with Crippen molar-refractivity contribution in [2.24, 2.45) is 0 Å². The third kappa shape index (κ3) is 7.95. The van der Waals surface area contributed by atoms with Crippen LogP contribution >= 0.6 is 0 Å². The topological polar surface area (TPSA) is 3.24 Å². The molecule has 1 aliphatic heterocycles. The van der Waals surface area contributed by atoms with Gasteiger partial charge in [-0.1, -0.05) is 105 Å². The molecular formula is C34H34Cl2NSiZr. The molecule has 1 heterocycles. The molecular weight excluding hydrogens is 613 g/mol. The monoisotopic (exact) mass is 644 g/mol. The third-order valence-electron chi connectivity index (χ3n) is 6.76. The average Bonchev–Trinajstić information content (AvgIpc) is 3.59. The Kier molecular flexibility index (Phi) is 12.7. The molecule has 0 fully saturated rings. The Bertz CT molecular complexity index is 1460. The van der Waals surface area contributed by atoms with E-state index in [1.165, 1.54) is 50.0 Å². The van der Waals surface area contributed by atoms with E-state index in [1.807, 2.05) is 0 Å². The van der Waals surface area contributed by atoms with Gasteiger partial charge in [0.25, 0.3) is 0 Å². The first-order valence-corrected chi connectivity index (χ1v) is 15.4. The minimum absolute atomic E-state index is 0. The molecule has 0 bridgehead atoms. The van der Waals surface area contributed by atoms with Gasteiger partial charge in [0.15, 0.2) is 0 Å². The van der Waals surface area contributed by atoms with E-state index in [4.69, 9.17) is 0 Å². The van der Waals surface area contributed by atoms with Crippen molar-refractivity contribution in [2.75, 3.05) is 11.4 Å². The minimum atomic E-state index is -0.313. The molecule has 1 aliphatic carbocycles. The van der Waals surface area contributed by atoms with Crippen LogP contribution in [0.2, 0.25) is 13.1 Å². The van der Waals surface area contributed by atoms with Crippen molar-refractivity contribution in [2.45, 2.75) is 32.9 Å². The van der Waals surface area contributed by atoms with E-state index in [0.717, 1.165) is 6.54 Å². The Hall–Kier alpha value is -2.16. The van der Waals surface area contributed by atoms with Crippen LogP contribution in [0.3, 0.4) is 0 Å². The molecule has 0 spiro atoms. The molecule has 0 aromatic heterocycles. The van der Waals surface area contributed by atoms with Crippen molar-refractivity contribution in [3.63, 3.8) is 0 Å². The number of fused-ring (bicyclic) bond motifs is 2. The van der Waals surface area contributed by atoms with Gasteiger partial charge < -0.3 is 29.7 Å². The van der Waals surface area contributed by atoms with Crippen LogP contribution in [0.15, 0.2) is 126 Å². The van der Waals surface area contributed by atoms with Gasteiger partial charge in [0.1, 0.15) is 0 Å². The number of rotatable bonds is 4. The quantitative estimate of drug-likeness (QED) is 0.244. The molecule has 6 rings (SSSR count). The van der Waals surface area contributed by atoms with Crippen molar-refractivity contribution in [1.82, 2.24) is 0 Å².